The summed E-state index contributed by atoms with van der Waals surface area (Å²) in [5.74, 6) is 0.835. The maximum atomic E-state index is 11.7. The molecule has 0 bridgehead atoms. The molecule has 3 aromatic rings. The van der Waals surface area contributed by atoms with Crippen molar-refractivity contribution in [3.63, 3.8) is 0 Å². The summed E-state index contributed by atoms with van der Waals surface area (Å²) in [6, 6.07) is 3.77. The second-order valence-electron chi connectivity index (χ2n) is 7.07. The Balaban J connectivity index is 1.77. The third kappa shape index (κ3) is 4.39. The van der Waals surface area contributed by atoms with Gasteiger partial charge < -0.3 is 10.1 Å². The molecule has 1 N–H and O–H groups in total. The monoisotopic (exact) mass is 368 g/mol. The van der Waals surface area contributed by atoms with Gasteiger partial charge in [0.15, 0.2) is 0 Å². The highest BCUT2D eigenvalue weighted by molar-refractivity contribution is 5.99. The van der Waals surface area contributed by atoms with Crippen molar-refractivity contribution < 1.29 is 9.53 Å². The minimum Gasteiger partial charge on any atom is -0.444 e. The van der Waals surface area contributed by atoms with Crippen LogP contribution in [0.15, 0.2) is 29.6 Å². The van der Waals surface area contributed by atoms with Gasteiger partial charge in [0, 0.05) is 31.8 Å². The number of pyridine rings is 2. The Bertz CT molecular complexity index is 987. The summed E-state index contributed by atoms with van der Waals surface area (Å²) in [5.41, 5.74) is 2.67. The van der Waals surface area contributed by atoms with Crippen LogP contribution in [-0.4, -0.2) is 44.1 Å². The van der Waals surface area contributed by atoms with E-state index in [1.165, 1.54) is 0 Å². The number of rotatable bonds is 5. The standard InChI is InChI=1S/C19H24N6O2/c1-5-15-24-14-12-22-13-8-6-9-20-16(13)17(14)25(15)23-11-7-10-21-18(26)27-19(2,3)4/h6,8-9,11-12H,5,7,10H2,1-4H3,(H,21,26). The first kappa shape index (κ1) is 18.8. The predicted octanol–water partition coefficient (Wildman–Crippen LogP) is 3.29. The van der Waals surface area contributed by atoms with Crippen LogP contribution in [0.25, 0.3) is 22.1 Å². The maximum Gasteiger partial charge on any atom is 0.407 e. The van der Waals surface area contributed by atoms with Crippen molar-refractivity contribution in [2.75, 3.05) is 6.54 Å². The SMILES string of the molecule is CCc1nc2cnc3cccnc3c2n1N=CCCNC(=O)OC(C)(C)C. The van der Waals surface area contributed by atoms with Crippen LogP contribution in [0.1, 0.15) is 39.9 Å². The second-order valence-corrected chi connectivity index (χ2v) is 7.07. The van der Waals surface area contributed by atoms with Crippen molar-refractivity contribution in [2.24, 2.45) is 5.10 Å². The molecule has 0 radical (unpaired) electrons. The predicted molar refractivity (Wildman–Crippen MR) is 105 cm³/mol. The van der Waals surface area contributed by atoms with Gasteiger partial charge in [0.2, 0.25) is 0 Å². The molecule has 0 atom stereocenters. The number of carbonyl (C=O) groups is 1. The number of nitrogens with one attached hydrogen (secondary N) is 1. The molecule has 0 aromatic carbocycles. The van der Waals surface area contributed by atoms with Gasteiger partial charge in [-0.25, -0.2) is 14.5 Å². The van der Waals surface area contributed by atoms with Crippen LogP contribution >= 0.6 is 0 Å². The molecule has 27 heavy (non-hydrogen) atoms. The number of alkyl carbamates (subject to hydrolysis) is 1. The first-order valence-corrected chi connectivity index (χ1v) is 9.00. The smallest absolute Gasteiger partial charge is 0.407 e. The van der Waals surface area contributed by atoms with Crippen molar-refractivity contribution >= 4 is 34.4 Å². The van der Waals surface area contributed by atoms with E-state index in [0.29, 0.717) is 13.0 Å². The quantitative estimate of drug-likeness (QED) is 0.551. The third-order valence-electron chi connectivity index (χ3n) is 3.74. The number of carbonyl (C=O) groups excluding carboxylic acids is 1. The zero-order valence-electron chi connectivity index (χ0n) is 16.1. The summed E-state index contributed by atoms with van der Waals surface area (Å²) in [4.78, 5) is 25.1. The molecular formula is C19H24N6O2. The first-order valence-electron chi connectivity index (χ1n) is 9.00. The van der Waals surface area contributed by atoms with E-state index in [-0.39, 0.29) is 0 Å². The molecule has 3 heterocycles. The maximum absolute atomic E-state index is 11.7. The molecule has 8 nitrogen and oxygen atoms in total. The average molecular weight is 368 g/mol. The fraction of sp³-hybridized carbons (Fsp3) is 0.421. The number of amides is 1. The number of hydrogen-bond acceptors (Lipinski definition) is 6. The van der Waals surface area contributed by atoms with Gasteiger partial charge >= 0.3 is 6.09 Å². The van der Waals surface area contributed by atoms with E-state index in [1.807, 2.05) is 39.8 Å². The fourth-order valence-electron chi connectivity index (χ4n) is 2.65. The van der Waals surface area contributed by atoms with Gasteiger partial charge in [0.25, 0.3) is 0 Å². The third-order valence-corrected chi connectivity index (χ3v) is 3.74. The Kier molecular flexibility index (Phi) is 5.34. The van der Waals surface area contributed by atoms with Crippen molar-refractivity contribution in [3.05, 3.63) is 30.4 Å². The van der Waals surface area contributed by atoms with Crippen molar-refractivity contribution in [3.8, 4) is 0 Å². The number of aromatic nitrogens is 4. The molecule has 0 spiro atoms. The number of ether oxygens (including phenoxy) is 1. The van der Waals surface area contributed by atoms with E-state index < -0.39 is 11.7 Å². The Morgan fingerprint density at radius 3 is 2.89 bits per heavy atom. The summed E-state index contributed by atoms with van der Waals surface area (Å²) >= 11 is 0. The highest BCUT2D eigenvalue weighted by Crippen LogP contribution is 2.23. The Morgan fingerprint density at radius 2 is 2.15 bits per heavy atom. The summed E-state index contributed by atoms with van der Waals surface area (Å²) in [6.45, 7) is 7.96. The average Bonchev–Trinajstić information content (AvgIpc) is 2.98. The molecule has 8 heteroatoms. The number of imidazole rings is 1. The normalized spacial score (nSPS) is 12.1. The molecule has 1 amide bonds. The number of hydrogen-bond donors (Lipinski definition) is 1. The van der Waals surface area contributed by atoms with Crippen LogP contribution < -0.4 is 5.32 Å². The van der Waals surface area contributed by atoms with Crippen LogP contribution in [0.3, 0.4) is 0 Å². The Labute approximate surface area is 157 Å². The molecule has 0 aliphatic heterocycles. The lowest BCUT2D eigenvalue weighted by Gasteiger charge is -2.19. The number of aryl methyl sites for hydroxylation is 1. The minimum atomic E-state index is -0.508. The van der Waals surface area contributed by atoms with Gasteiger partial charge in [-0.1, -0.05) is 6.92 Å². The molecule has 3 rings (SSSR count). The van der Waals surface area contributed by atoms with Gasteiger partial charge in [-0.15, -0.1) is 0 Å². The summed E-state index contributed by atoms with van der Waals surface area (Å²) in [5, 5.41) is 7.27. The van der Waals surface area contributed by atoms with Crippen molar-refractivity contribution in [2.45, 2.75) is 46.1 Å². The summed E-state index contributed by atoms with van der Waals surface area (Å²) < 4.78 is 7.01. The first-order chi connectivity index (χ1) is 12.9. The molecular weight excluding hydrogens is 344 g/mol. The molecule has 0 aliphatic rings. The summed E-state index contributed by atoms with van der Waals surface area (Å²) in [7, 11) is 0. The highest BCUT2D eigenvalue weighted by Gasteiger charge is 2.15. The second kappa shape index (κ2) is 7.69. The Hall–Kier alpha value is -3.03. The van der Waals surface area contributed by atoms with Crippen LogP contribution in [0, 0.1) is 0 Å². The van der Waals surface area contributed by atoms with Gasteiger partial charge in [0.1, 0.15) is 28.0 Å². The largest absolute Gasteiger partial charge is 0.444 e. The molecule has 0 unspecified atom stereocenters. The lowest BCUT2D eigenvalue weighted by molar-refractivity contribution is 0.0529. The molecule has 3 aromatic heterocycles. The molecule has 0 saturated heterocycles. The van der Waals surface area contributed by atoms with Crippen LogP contribution in [0.2, 0.25) is 0 Å². The van der Waals surface area contributed by atoms with E-state index in [4.69, 9.17) is 4.74 Å². The zero-order valence-corrected chi connectivity index (χ0v) is 16.1. The summed E-state index contributed by atoms with van der Waals surface area (Å²) in [6.07, 6.45) is 6.11. The van der Waals surface area contributed by atoms with Crippen molar-refractivity contribution in [1.29, 1.82) is 0 Å². The topological polar surface area (TPSA) is 94.3 Å². The van der Waals surface area contributed by atoms with E-state index in [0.717, 1.165) is 34.3 Å². The molecule has 0 fully saturated rings. The van der Waals surface area contributed by atoms with Gasteiger partial charge in [-0.05, 0) is 32.9 Å². The lowest BCUT2D eigenvalue weighted by atomic mass is 10.2. The number of nitrogens with zero attached hydrogens (tertiary/aromatic N) is 5. The van der Waals surface area contributed by atoms with E-state index >= 15 is 0 Å². The van der Waals surface area contributed by atoms with E-state index in [2.05, 4.69) is 25.4 Å². The molecule has 142 valence electrons. The fourth-order valence-corrected chi connectivity index (χ4v) is 2.65. The van der Waals surface area contributed by atoms with E-state index in [9.17, 15) is 4.79 Å². The van der Waals surface area contributed by atoms with Gasteiger partial charge in [-0.3, -0.25) is 9.97 Å². The molecule has 0 saturated carbocycles. The van der Waals surface area contributed by atoms with Gasteiger partial charge in [-0.2, -0.15) is 5.10 Å². The molecule has 0 aliphatic carbocycles. The number of fused-ring (bicyclic) bond motifs is 3. The van der Waals surface area contributed by atoms with Crippen LogP contribution in [0.5, 0.6) is 0 Å². The Morgan fingerprint density at radius 1 is 1.33 bits per heavy atom. The van der Waals surface area contributed by atoms with Crippen molar-refractivity contribution in [1.82, 2.24) is 24.9 Å². The van der Waals surface area contributed by atoms with E-state index in [1.54, 1.807) is 23.3 Å². The van der Waals surface area contributed by atoms with Crippen LogP contribution in [-0.2, 0) is 11.2 Å². The lowest BCUT2D eigenvalue weighted by Crippen LogP contribution is -2.33. The van der Waals surface area contributed by atoms with Gasteiger partial charge in [0.05, 0.1) is 11.7 Å². The highest BCUT2D eigenvalue weighted by atomic mass is 16.6. The van der Waals surface area contributed by atoms with Crippen LogP contribution in [0.4, 0.5) is 4.79 Å². The zero-order chi connectivity index (χ0) is 19.4. The minimum absolute atomic E-state index is 0.431.